The largest absolute Gasteiger partial charge is 0.504 e. The summed E-state index contributed by atoms with van der Waals surface area (Å²) in [6.07, 6.45) is 0.806. The van der Waals surface area contributed by atoms with Crippen molar-refractivity contribution in [3.8, 4) is 23.1 Å². The number of anilines is 2. The number of amides is 2. The Bertz CT molecular complexity index is 1150. The molecule has 34 heavy (non-hydrogen) atoms. The molecule has 2 aromatic carbocycles. The normalized spacial score (nSPS) is 13.5. The van der Waals surface area contributed by atoms with Gasteiger partial charge >= 0.3 is 6.03 Å². The molecule has 1 aliphatic heterocycles. The van der Waals surface area contributed by atoms with E-state index in [0.717, 1.165) is 23.4 Å². The second-order valence-electron chi connectivity index (χ2n) is 8.11. The van der Waals surface area contributed by atoms with Crippen LogP contribution < -0.4 is 19.7 Å². The number of methoxy groups -OCH3 is 1. The zero-order chi connectivity index (χ0) is 24.1. The number of benzene rings is 2. The van der Waals surface area contributed by atoms with Crippen molar-refractivity contribution in [2.45, 2.75) is 20.3 Å². The van der Waals surface area contributed by atoms with Gasteiger partial charge in [-0.25, -0.2) is 9.78 Å². The standard InChI is InChI=1S/C26H30N4O4/c1-4-19-16-22(25(27-18(19)2)34-21-8-6-5-7-9-21)28-26(32)30-14-12-29(13-15-30)20-10-11-24(33-3)23(31)17-20/h5-11,16-17,31H,4,12-15H2,1-3H3,(H,28,32). The average molecular weight is 463 g/mol. The molecule has 4 rings (SSSR count). The van der Waals surface area contributed by atoms with Crippen LogP contribution in [0.15, 0.2) is 54.6 Å². The van der Waals surface area contributed by atoms with Crippen molar-refractivity contribution in [1.29, 1.82) is 0 Å². The third-order valence-corrected chi connectivity index (χ3v) is 5.96. The third kappa shape index (κ3) is 5.17. The van der Waals surface area contributed by atoms with E-state index in [4.69, 9.17) is 9.47 Å². The maximum absolute atomic E-state index is 13.1. The Labute approximate surface area is 199 Å². The molecule has 0 bridgehead atoms. The fourth-order valence-corrected chi connectivity index (χ4v) is 3.99. The molecule has 8 nitrogen and oxygen atoms in total. The van der Waals surface area contributed by atoms with Crippen molar-refractivity contribution in [2.75, 3.05) is 43.5 Å². The molecule has 0 saturated carbocycles. The lowest BCUT2D eigenvalue weighted by Gasteiger charge is -2.36. The Balaban J connectivity index is 1.45. The van der Waals surface area contributed by atoms with E-state index < -0.39 is 0 Å². The van der Waals surface area contributed by atoms with Crippen LogP contribution in [0.1, 0.15) is 18.2 Å². The fraction of sp³-hybridized carbons (Fsp3) is 0.308. The lowest BCUT2D eigenvalue weighted by molar-refractivity contribution is 0.208. The number of phenols is 1. The van der Waals surface area contributed by atoms with Crippen LogP contribution in [0.25, 0.3) is 0 Å². The molecular weight excluding hydrogens is 432 g/mol. The number of hydrogen-bond donors (Lipinski definition) is 2. The number of rotatable bonds is 6. The van der Waals surface area contributed by atoms with E-state index >= 15 is 0 Å². The zero-order valence-corrected chi connectivity index (χ0v) is 19.7. The highest BCUT2D eigenvalue weighted by Crippen LogP contribution is 2.32. The number of aromatic nitrogens is 1. The lowest BCUT2D eigenvalue weighted by atomic mass is 10.1. The van der Waals surface area contributed by atoms with Crippen LogP contribution in [0, 0.1) is 6.92 Å². The fourth-order valence-electron chi connectivity index (χ4n) is 3.99. The minimum absolute atomic E-state index is 0.102. The highest BCUT2D eigenvalue weighted by molar-refractivity contribution is 5.91. The number of hydrogen-bond acceptors (Lipinski definition) is 6. The molecule has 178 valence electrons. The molecule has 0 radical (unpaired) electrons. The number of nitrogens with one attached hydrogen (secondary N) is 1. The predicted octanol–water partition coefficient (Wildman–Crippen LogP) is 4.81. The van der Waals surface area contributed by atoms with Gasteiger partial charge in [0.15, 0.2) is 11.5 Å². The van der Waals surface area contributed by atoms with E-state index in [1.54, 1.807) is 17.0 Å². The first-order valence-electron chi connectivity index (χ1n) is 11.4. The Kier molecular flexibility index (Phi) is 7.06. The van der Waals surface area contributed by atoms with Crippen molar-refractivity contribution in [1.82, 2.24) is 9.88 Å². The van der Waals surface area contributed by atoms with Gasteiger partial charge in [-0.3, -0.25) is 0 Å². The molecule has 0 unspecified atom stereocenters. The quantitative estimate of drug-likeness (QED) is 0.547. The summed E-state index contributed by atoms with van der Waals surface area (Å²) in [6.45, 7) is 6.40. The SMILES string of the molecule is CCc1cc(NC(=O)N2CCN(c3ccc(OC)c(O)c3)CC2)c(Oc2ccccc2)nc1C. The van der Waals surface area contributed by atoms with Crippen molar-refractivity contribution in [2.24, 2.45) is 0 Å². The van der Waals surface area contributed by atoms with Crippen LogP contribution in [0.5, 0.6) is 23.1 Å². The number of piperazine rings is 1. The Hall–Kier alpha value is -3.94. The molecule has 0 aliphatic carbocycles. The molecular formula is C26H30N4O4. The average Bonchev–Trinajstić information content (AvgIpc) is 2.86. The first-order valence-corrected chi connectivity index (χ1v) is 11.4. The van der Waals surface area contributed by atoms with Crippen LogP contribution in [0.3, 0.4) is 0 Å². The number of ether oxygens (including phenoxy) is 2. The molecule has 1 fully saturated rings. The second kappa shape index (κ2) is 10.3. The van der Waals surface area contributed by atoms with Crippen LogP contribution in [0.2, 0.25) is 0 Å². The summed E-state index contributed by atoms with van der Waals surface area (Å²) in [5.74, 6) is 1.57. The van der Waals surface area contributed by atoms with E-state index in [0.29, 0.717) is 49.2 Å². The molecule has 1 aromatic heterocycles. The maximum Gasteiger partial charge on any atom is 0.322 e. The predicted molar refractivity (Wildman–Crippen MR) is 132 cm³/mol. The van der Waals surface area contributed by atoms with Crippen molar-refractivity contribution in [3.63, 3.8) is 0 Å². The topological polar surface area (TPSA) is 87.2 Å². The van der Waals surface area contributed by atoms with Crippen molar-refractivity contribution < 1.29 is 19.4 Å². The number of aromatic hydroxyl groups is 1. The smallest absolute Gasteiger partial charge is 0.322 e. The van der Waals surface area contributed by atoms with E-state index in [-0.39, 0.29) is 11.8 Å². The molecule has 3 aromatic rings. The minimum atomic E-state index is -0.192. The number of pyridine rings is 1. The van der Waals surface area contributed by atoms with Gasteiger partial charge in [-0.15, -0.1) is 0 Å². The number of carbonyl (C=O) groups is 1. The number of urea groups is 1. The van der Waals surface area contributed by atoms with Crippen LogP contribution >= 0.6 is 0 Å². The molecule has 2 heterocycles. The molecule has 0 spiro atoms. The van der Waals surface area contributed by atoms with Crippen LogP contribution in [-0.4, -0.2) is 54.3 Å². The number of phenolic OH excluding ortho intramolecular Hbond substituents is 1. The minimum Gasteiger partial charge on any atom is -0.504 e. The van der Waals surface area contributed by atoms with Gasteiger partial charge in [0.25, 0.3) is 0 Å². The van der Waals surface area contributed by atoms with Gasteiger partial charge in [0.05, 0.1) is 7.11 Å². The third-order valence-electron chi connectivity index (χ3n) is 5.96. The van der Waals surface area contributed by atoms with Gasteiger partial charge in [0.1, 0.15) is 11.4 Å². The van der Waals surface area contributed by atoms with Gasteiger partial charge in [0, 0.05) is 43.6 Å². The Morgan fingerprint density at radius 1 is 1.09 bits per heavy atom. The van der Waals surface area contributed by atoms with Crippen molar-refractivity contribution in [3.05, 3.63) is 65.9 Å². The molecule has 2 amide bonds. The molecule has 1 aliphatic rings. The zero-order valence-electron chi connectivity index (χ0n) is 19.7. The Morgan fingerprint density at radius 3 is 2.47 bits per heavy atom. The summed E-state index contributed by atoms with van der Waals surface area (Å²) in [4.78, 5) is 21.6. The number of carbonyl (C=O) groups excluding carboxylic acids is 1. The van der Waals surface area contributed by atoms with Gasteiger partial charge in [-0.2, -0.15) is 0 Å². The number of aryl methyl sites for hydroxylation is 2. The monoisotopic (exact) mass is 462 g/mol. The van der Waals surface area contributed by atoms with Gasteiger partial charge < -0.3 is 29.7 Å². The summed E-state index contributed by atoms with van der Waals surface area (Å²) in [5.41, 5.74) is 3.38. The molecule has 1 saturated heterocycles. The molecule has 2 N–H and O–H groups in total. The van der Waals surface area contributed by atoms with Gasteiger partial charge in [-0.05, 0) is 49.2 Å². The van der Waals surface area contributed by atoms with E-state index in [2.05, 4.69) is 22.1 Å². The summed E-state index contributed by atoms with van der Waals surface area (Å²) >= 11 is 0. The summed E-state index contributed by atoms with van der Waals surface area (Å²) in [7, 11) is 1.52. The van der Waals surface area contributed by atoms with E-state index in [1.165, 1.54) is 7.11 Å². The van der Waals surface area contributed by atoms with Gasteiger partial charge in [-0.1, -0.05) is 25.1 Å². The van der Waals surface area contributed by atoms with E-state index in [1.807, 2.05) is 49.4 Å². The number of para-hydroxylation sites is 1. The Morgan fingerprint density at radius 2 is 1.82 bits per heavy atom. The highest BCUT2D eigenvalue weighted by atomic mass is 16.5. The lowest BCUT2D eigenvalue weighted by Crippen LogP contribution is -2.50. The van der Waals surface area contributed by atoms with E-state index in [9.17, 15) is 9.90 Å². The highest BCUT2D eigenvalue weighted by Gasteiger charge is 2.23. The summed E-state index contributed by atoms with van der Waals surface area (Å²) in [5, 5.41) is 13.1. The maximum atomic E-state index is 13.1. The summed E-state index contributed by atoms with van der Waals surface area (Å²) in [6, 6.07) is 16.5. The molecule has 0 atom stereocenters. The number of nitrogens with zero attached hydrogens (tertiary/aromatic N) is 3. The van der Waals surface area contributed by atoms with Crippen LogP contribution in [-0.2, 0) is 6.42 Å². The first-order chi connectivity index (χ1) is 16.5. The molecule has 8 heteroatoms. The summed E-state index contributed by atoms with van der Waals surface area (Å²) < 4.78 is 11.1. The first kappa shape index (κ1) is 23.2. The van der Waals surface area contributed by atoms with Crippen LogP contribution in [0.4, 0.5) is 16.2 Å². The second-order valence-corrected chi connectivity index (χ2v) is 8.11. The van der Waals surface area contributed by atoms with Crippen molar-refractivity contribution >= 4 is 17.4 Å². The van der Waals surface area contributed by atoms with Gasteiger partial charge in [0.2, 0.25) is 5.88 Å².